The minimum Gasteiger partial charge on any atom is -0.461 e. The fraction of sp³-hybridized carbons (Fsp3) is 0.650. The molecular formula is C20H28O7. The molecule has 2 aliphatic rings. The Hall–Kier alpha value is -1.99. The lowest BCUT2D eigenvalue weighted by atomic mass is 9.80. The van der Waals surface area contributed by atoms with Crippen LogP contribution in [-0.4, -0.2) is 52.4 Å². The maximum atomic E-state index is 12.4. The summed E-state index contributed by atoms with van der Waals surface area (Å²) < 4.78 is 11.0. The third kappa shape index (κ3) is 4.84. The normalized spacial score (nSPS) is 34.9. The van der Waals surface area contributed by atoms with Crippen LogP contribution >= 0.6 is 0 Å². The van der Waals surface area contributed by atoms with Gasteiger partial charge in [-0.25, -0.2) is 4.79 Å². The first kappa shape index (κ1) is 21.3. The topological polar surface area (TPSA) is 110 Å². The summed E-state index contributed by atoms with van der Waals surface area (Å²) in [4.78, 5) is 36.8. The maximum Gasteiger partial charge on any atom is 0.334 e. The number of Topliss-reactive ketones (excluding diaryl/α,β-unsaturated/α-hetero) is 1. The molecule has 0 radical (unpaired) electrons. The third-order valence-corrected chi connectivity index (χ3v) is 5.37. The van der Waals surface area contributed by atoms with Gasteiger partial charge in [0, 0.05) is 24.0 Å². The molecule has 0 amide bonds. The predicted molar refractivity (Wildman–Crippen MR) is 96.5 cm³/mol. The lowest BCUT2D eigenvalue weighted by Crippen LogP contribution is -2.41. The Morgan fingerprint density at radius 1 is 1.48 bits per heavy atom. The highest BCUT2D eigenvalue weighted by Crippen LogP contribution is 2.38. The molecule has 0 aromatic carbocycles. The van der Waals surface area contributed by atoms with Gasteiger partial charge >= 0.3 is 11.9 Å². The lowest BCUT2D eigenvalue weighted by Gasteiger charge is -2.34. The van der Waals surface area contributed by atoms with E-state index in [0.29, 0.717) is 6.42 Å². The number of carbonyl (C=O) groups excluding carboxylic acids is 3. The molecule has 7 heteroatoms. The van der Waals surface area contributed by atoms with Crippen molar-refractivity contribution >= 4 is 17.7 Å². The molecule has 1 heterocycles. The molecule has 1 aliphatic carbocycles. The van der Waals surface area contributed by atoms with Crippen LogP contribution in [0.5, 0.6) is 0 Å². The van der Waals surface area contributed by atoms with Gasteiger partial charge in [-0.05, 0) is 25.8 Å². The molecule has 2 rings (SSSR count). The first-order valence-electron chi connectivity index (χ1n) is 9.27. The van der Waals surface area contributed by atoms with Crippen molar-refractivity contribution in [3.05, 3.63) is 23.8 Å². The number of carbonyl (C=O) groups is 3. The Labute approximate surface area is 159 Å². The highest BCUT2D eigenvalue weighted by molar-refractivity contribution is 5.96. The molecule has 0 aromatic heterocycles. The van der Waals surface area contributed by atoms with Crippen LogP contribution in [0.25, 0.3) is 0 Å². The molecule has 1 fully saturated rings. The summed E-state index contributed by atoms with van der Waals surface area (Å²) in [6.07, 6.45) is 0.482. The van der Waals surface area contributed by atoms with Gasteiger partial charge in [0.1, 0.15) is 12.2 Å². The van der Waals surface area contributed by atoms with Crippen molar-refractivity contribution in [3.8, 4) is 0 Å². The molecule has 7 nitrogen and oxygen atoms in total. The number of aliphatic hydroxyl groups excluding tert-OH is 1. The Balaban J connectivity index is 2.46. The maximum absolute atomic E-state index is 12.4. The number of ether oxygens (including phenoxy) is 2. The van der Waals surface area contributed by atoms with E-state index in [1.54, 1.807) is 13.8 Å². The van der Waals surface area contributed by atoms with Gasteiger partial charge in [0.25, 0.3) is 0 Å². The van der Waals surface area contributed by atoms with Crippen molar-refractivity contribution in [1.82, 2.24) is 0 Å². The predicted octanol–water partition coefficient (Wildman–Crippen LogP) is 1.46. The van der Waals surface area contributed by atoms with Crippen molar-refractivity contribution in [2.24, 2.45) is 11.8 Å². The number of aliphatic hydroxyl groups is 2. The number of esters is 2. The van der Waals surface area contributed by atoms with E-state index in [4.69, 9.17) is 9.47 Å². The molecule has 0 spiro atoms. The van der Waals surface area contributed by atoms with Crippen molar-refractivity contribution < 1.29 is 34.1 Å². The molecule has 27 heavy (non-hydrogen) atoms. The smallest absolute Gasteiger partial charge is 0.334 e. The average Bonchev–Trinajstić information content (AvgIpc) is 2.89. The van der Waals surface area contributed by atoms with E-state index in [0.717, 1.165) is 0 Å². The van der Waals surface area contributed by atoms with Gasteiger partial charge in [-0.2, -0.15) is 0 Å². The zero-order chi connectivity index (χ0) is 20.4. The summed E-state index contributed by atoms with van der Waals surface area (Å²) in [6.45, 7) is 8.42. The van der Waals surface area contributed by atoms with Crippen molar-refractivity contribution in [2.75, 3.05) is 6.61 Å². The third-order valence-electron chi connectivity index (χ3n) is 5.37. The molecule has 0 unspecified atom stereocenters. The molecule has 0 aromatic rings. The van der Waals surface area contributed by atoms with Gasteiger partial charge in [0.2, 0.25) is 0 Å². The molecule has 0 bridgehead atoms. The highest BCUT2D eigenvalue weighted by Gasteiger charge is 2.47. The quantitative estimate of drug-likeness (QED) is 0.561. The zero-order valence-corrected chi connectivity index (χ0v) is 16.1. The van der Waals surface area contributed by atoms with Crippen LogP contribution in [-0.2, 0) is 23.9 Å². The van der Waals surface area contributed by atoms with Crippen molar-refractivity contribution in [2.45, 2.75) is 64.3 Å². The summed E-state index contributed by atoms with van der Waals surface area (Å²) in [7, 11) is 0. The van der Waals surface area contributed by atoms with Gasteiger partial charge in [0.05, 0.1) is 24.0 Å². The molecule has 2 N–H and O–H groups in total. The van der Waals surface area contributed by atoms with Gasteiger partial charge in [-0.3, -0.25) is 9.59 Å². The van der Waals surface area contributed by atoms with Gasteiger partial charge < -0.3 is 19.7 Å². The average molecular weight is 380 g/mol. The monoisotopic (exact) mass is 380 g/mol. The Bertz CT molecular complexity index is 661. The fourth-order valence-corrected chi connectivity index (χ4v) is 3.37. The summed E-state index contributed by atoms with van der Waals surface area (Å²) in [5.41, 5.74) is -1.07. The SMILES string of the molecule is C=C1C(=O)O[C@H]2/C=C(/CO)C(=O)CC[C@@](C)(O)C[C@@H](OC(=O)[C@H](C)CC)[C@@H]12. The molecule has 1 saturated heterocycles. The van der Waals surface area contributed by atoms with E-state index < -0.39 is 42.3 Å². The number of rotatable bonds is 4. The van der Waals surface area contributed by atoms with Gasteiger partial charge in [-0.1, -0.05) is 20.4 Å². The van der Waals surface area contributed by atoms with E-state index in [1.165, 1.54) is 6.08 Å². The molecular weight excluding hydrogens is 352 g/mol. The first-order chi connectivity index (χ1) is 12.6. The number of ketones is 1. The largest absolute Gasteiger partial charge is 0.461 e. The van der Waals surface area contributed by atoms with Gasteiger partial charge in [-0.15, -0.1) is 0 Å². The van der Waals surface area contributed by atoms with Crippen LogP contribution in [0, 0.1) is 11.8 Å². The molecule has 0 saturated carbocycles. The van der Waals surface area contributed by atoms with E-state index in [-0.39, 0.29) is 42.1 Å². The number of fused-ring (bicyclic) bond motifs is 1. The van der Waals surface area contributed by atoms with Crippen LogP contribution in [0.15, 0.2) is 23.8 Å². The van der Waals surface area contributed by atoms with E-state index >= 15 is 0 Å². The van der Waals surface area contributed by atoms with Crippen LogP contribution in [0.4, 0.5) is 0 Å². The second-order valence-electron chi connectivity index (χ2n) is 7.68. The number of hydrogen-bond acceptors (Lipinski definition) is 7. The van der Waals surface area contributed by atoms with Crippen molar-refractivity contribution in [1.29, 1.82) is 0 Å². The second-order valence-corrected chi connectivity index (χ2v) is 7.68. The molecule has 5 atom stereocenters. The molecule has 150 valence electrons. The van der Waals surface area contributed by atoms with E-state index in [9.17, 15) is 24.6 Å². The van der Waals surface area contributed by atoms with E-state index in [2.05, 4.69) is 6.58 Å². The Morgan fingerprint density at radius 3 is 2.74 bits per heavy atom. The first-order valence-corrected chi connectivity index (χ1v) is 9.27. The standard InChI is InChI=1S/C20H28O7/c1-5-11(2)18(23)27-16-9-20(4,25)7-6-14(22)13(10-21)8-15-17(16)12(3)19(24)26-15/h8,11,15-17,21,25H,3,5-7,9-10H2,1-2,4H3/b13-8-/t11-,15+,16-,17+,20-/m1/s1. The Morgan fingerprint density at radius 2 is 2.15 bits per heavy atom. The van der Waals surface area contributed by atoms with Crippen LogP contribution in [0.1, 0.15) is 46.5 Å². The van der Waals surface area contributed by atoms with Crippen molar-refractivity contribution in [3.63, 3.8) is 0 Å². The molecule has 1 aliphatic heterocycles. The summed E-state index contributed by atoms with van der Waals surface area (Å²) >= 11 is 0. The lowest BCUT2D eigenvalue weighted by molar-refractivity contribution is -0.160. The summed E-state index contributed by atoms with van der Waals surface area (Å²) in [5, 5.41) is 20.3. The zero-order valence-electron chi connectivity index (χ0n) is 16.1. The minimum absolute atomic E-state index is 0.0255. The van der Waals surface area contributed by atoms with E-state index in [1.807, 2.05) is 6.92 Å². The van der Waals surface area contributed by atoms with Crippen LogP contribution in [0.3, 0.4) is 0 Å². The number of hydrogen-bond donors (Lipinski definition) is 2. The summed E-state index contributed by atoms with van der Waals surface area (Å²) in [5.74, 6) is -2.46. The fourth-order valence-electron chi connectivity index (χ4n) is 3.37. The highest BCUT2D eigenvalue weighted by atomic mass is 16.6. The van der Waals surface area contributed by atoms with Gasteiger partial charge in [0.15, 0.2) is 5.78 Å². The Kier molecular flexibility index (Phi) is 6.59. The van der Waals surface area contributed by atoms with Crippen LogP contribution in [0.2, 0.25) is 0 Å². The minimum atomic E-state index is -1.30. The summed E-state index contributed by atoms with van der Waals surface area (Å²) in [6, 6.07) is 0. The second kappa shape index (κ2) is 8.35. The van der Waals surface area contributed by atoms with Crippen LogP contribution < -0.4 is 0 Å².